The van der Waals surface area contributed by atoms with E-state index in [0.717, 1.165) is 57.4 Å². The third kappa shape index (κ3) is 4.50. The quantitative estimate of drug-likeness (QED) is 0.798. The van der Waals surface area contributed by atoms with Crippen molar-refractivity contribution in [1.82, 2.24) is 14.8 Å². The van der Waals surface area contributed by atoms with Crippen LogP contribution in [0.1, 0.15) is 58.6 Å². The maximum absolute atomic E-state index is 13.0. The van der Waals surface area contributed by atoms with Crippen LogP contribution in [0.4, 0.5) is 0 Å². The van der Waals surface area contributed by atoms with Gasteiger partial charge in [0.15, 0.2) is 0 Å². The Bertz CT molecular complexity index is 673. The molecule has 3 heterocycles. The fourth-order valence-corrected chi connectivity index (χ4v) is 4.40. The SMILES string of the molecule is CCC(C)(C)C(=O)N1CCC[C@@]2(CCC(=O)N(CCc3ccccn3)C2)C1. The van der Waals surface area contributed by atoms with Gasteiger partial charge < -0.3 is 9.80 Å². The lowest BCUT2D eigenvalue weighted by molar-refractivity contribution is -0.148. The summed E-state index contributed by atoms with van der Waals surface area (Å²) in [6.45, 7) is 9.30. The van der Waals surface area contributed by atoms with Crippen LogP contribution in [0.15, 0.2) is 24.4 Å². The normalized spacial score (nSPS) is 23.7. The lowest BCUT2D eigenvalue weighted by Crippen LogP contribution is -2.56. The minimum Gasteiger partial charge on any atom is -0.342 e. The molecule has 0 aliphatic carbocycles. The molecule has 2 saturated heterocycles. The van der Waals surface area contributed by atoms with E-state index in [9.17, 15) is 9.59 Å². The second-order valence-electron chi connectivity index (χ2n) is 8.95. The first-order valence-corrected chi connectivity index (χ1v) is 10.3. The van der Waals surface area contributed by atoms with E-state index in [-0.39, 0.29) is 22.6 Å². The highest BCUT2D eigenvalue weighted by molar-refractivity contribution is 5.82. The minimum atomic E-state index is -0.304. The Morgan fingerprint density at radius 2 is 2.07 bits per heavy atom. The van der Waals surface area contributed by atoms with E-state index in [2.05, 4.69) is 16.8 Å². The Kier molecular flexibility index (Phi) is 5.87. The van der Waals surface area contributed by atoms with Gasteiger partial charge in [0, 0.05) is 61.7 Å². The molecule has 1 spiro atoms. The smallest absolute Gasteiger partial charge is 0.228 e. The number of pyridine rings is 1. The van der Waals surface area contributed by atoms with Crippen molar-refractivity contribution in [2.45, 2.75) is 59.3 Å². The van der Waals surface area contributed by atoms with Crippen LogP contribution < -0.4 is 0 Å². The topological polar surface area (TPSA) is 53.5 Å². The number of hydrogen-bond donors (Lipinski definition) is 0. The van der Waals surface area contributed by atoms with Gasteiger partial charge in [-0.05, 0) is 37.8 Å². The van der Waals surface area contributed by atoms with Gasteiger partial charge in [-0.1, -0.05) is 26.8 Å². The van der Waals surface area contributed by atoms with Crippen molar-refractivity contribution < 1.29 is 9.59 Å². The zero-order valence-corrected chi connectivity index (χ0v) is 17.0. The van der Waals surface area contributed by atoms with Crippen LogP contribution in [0, 0.1) is 10.8 Å². The Hall–Kier alpha value is -1.91. The highest BCUT2D eigenvalue weighted by atomic mass is 16.2. The first-order valence-electron chi connectivity index (χ1n) is 10.3. The fraction of sp³-hybridized carbons (Fsp3) is 0.682. The number of piperidine rings is 2. The second-order valence-corrected chi connectivity index (χ2v) is 8.95. The van der Waals surface area contributed by atoms with Crippen LogP contribution in [0.3, 0.4) is 0 Å². The maximum atomic E-state index is 13.0. The molecule has 0 N–H and O–H groups in total. The molecular weight excluding hydrogens is 338 g/mol. The third-order valence-electron chi connectivity index (χ3n) is 6.52. The standard InChI is InChI=1S/C22H33N3O2/c1-4-21(2,3)20(27)25-14-7-11-22(17-25)12-9-19(26)24(16-22)15-10-18-8-5-6-13-23-18/h5-6,8,13H,4,7,9-12,14-17H2,1-3H3/t22-/m0/s1. The summed E-state index contributed by atoms with van der Waals surface area (Å²) in [5.74, 6) is 0.509. The molecule has 5 heteroatoms. The second kappa shape index (κ2) is 7.99. The molecule has 2 aliphatic rings. The predicted octanol–water partition coefficient (Wildman–Crippen LogP) is 3.29. The Labute approximate surface area is 163 Å². The zero-order valence-electron chi connectivity index (χ0n) is 17.0. The first kappa shape index (κ1) is 19.8. The van der Waals surface area contributed by atoms with Crippen LogP contribution in [0.5, 0.6) is 0 Å². The van der Waals surface area contributed by atoms with E-state index in [1.807, 2.05) is 36.9 Å². The lowest BCUT2D eigenvalue weighted by Gasteiger charge is -2.49. The highest BCUT2D eigenvalue weighted by Gasteiger charge is 2.44. The number of aromatic nitrogens is 1. The zero-order chi connectivity index (χ0) is 19.5. The average Bonchev–Trinajstić information content (AvgIpc) is 2.69. The monoisotopic (exact) mass is 371 g/mol. The molecule has 27 heavy (non-hydrogen) atoms. The van der Waals surface area contributed by atoms with Gasteiger partial charge in [-0.2, -0.15) is 0 Å². The number of hydrogen-bond acceptors (Lipinski definition) is 3. The van der Waals surface area contributed by atoms with Gasteiger partial charge in [-0.3, -0.25) is 14.6 Å². The molecule has 5 nitrogen and oxygen atoms in total. The van der Waals surface area contributed by atoms with E-state index < -0.39 is 0 Å². The van der Waals surface area contributed by atoms with Crippen molar-refractivity contribution >= 4 is 11.8 Å². The first-order chi connectivity index (χ1) is 12.9. The summed E-state index contributed by atoms with van der Waals surface area (Å²) in [5.41, 5.74) is 0.785. The molecule has 148 valence electrons. The third-order valence-corrected chi connectivity index (χ3v) is 6.52. The Balaban J connectivity index is 1.66. The summed E-state index contributed by atoms with van der Waals surface area (Å²) in [6, 6.07) is 5.91. The number of rotatable bonds is 5. The summed E-state index contributed by atoms with van der Waals surface area (Å²) in [4.78, 5) is 33.9. The van der Waals surface area contributed by atoms with Gasteiger partial charge in [-0.15, -0.1) is 0 Å². The van der Waals surface area contributed by atoms with Crippen molar-refractivity contribution in [3.63, 3.8) is 0 Å². The number of carbonyl (C=O) groups excluding carboxylic acids is 2. The maximum Gasteiger partial charge on any atom is 0.228 e. The van der Waals surface area contributed by atoms with Gasteiger partial charge >= 0.3 is 0 Å². The molecule has 3 rings (SSSR count). The molecule has 1 atom stereocenters. The molecule has 1 aromatic heterocycles. The molecule has 2 amide bonds. The number of carbonyl (C=O) groups is 2. The summed E-state index contributed by atoms with van der Waals surface area (Å²) in [6.07, 6.45) is 7.08. The molecule has 0 unspecified atom stereocenters. The summed E-state index contributed by atoms with van der Waals surface area (Å²) in [5, 5.41) is 0. The van der Waals surface area contributed by atoms with Crippen molar-refractivity contribution in [2.24, 2.45) is 10.8 Å². The molecular formula is C22H33N3O2. The van der Waals surface area contributed by atoms with Gasteiger partial charge in [-0.25, -0.2) is 0 Å². The van der Waals surface area contributed by atoms with Crippen LogP contribution in [-0.2, 0) is 16.0 Å². The number of nitrogens with zero attached hydrogens (tertiary/aromatic N) is 3. The Morgan fingerprint density at radius 3 is 2.78 bits per heavy atom. The van der Waals surface area contributed by atoms with Gasteiger partial charge in [0.05, 0.1) is 0 Å². The predicted molar refractivity (Wildman–Crippen MR) is 106 cm³/mol. The fourth-order valence-electron chi connectivity index (χ4n) is 4.40. The van der Waals surface area contributed by atoms with E-state index in [0.29, 0.717) is 13.0 Å². The minimum absolute atomic E-state index is 0.0652. The number of likely N-dealkylation sites (tertiary alicyclic amines) is 2. The van der Waals surface area contributed by atoms with Crippen LogP contribution in [-0.4, -0.2) is 52.8 Å². The summed E-state index contributed by atoms with van der Waals surface area (Å²) in [7, 11) is 0. The van der Waals surface area contributed by atoms with E-state index in [1.165, 1.54) is 0 Å². The molecule has 0 radical (unpaired) electrons. The van der Waals surface area contributed by atoms with Crippen LogP contribution in [0.25, 0.3) is 0 Å². The average molecular weight is 372 g/mol. The highest BCUT2D eigenvalue weighted by Crippen LogP contribution is 2.40. The van der Waals surface area contributed by atoms with Gasteiger partial charge in [0.1, 0.15) is 0 Å². The molecule has 0 aromatic carbocycles. The van der Waals surface area contributed by atoms with Gasteiger partial charge in [0.25, 0.3) is 0 Å². The van der Waals surface area contributed by atoms with Crippen molar-refractivity contribution in [3.05, 3.63) is 30.1 Å². The van der Waals surface area contributed by atoms with E-state index in [4.69, 9.17) is 0 Å². The molecule has 0 bridgehead atoms. The van der Waals surface area contributed by atoms with E-state index >= 15 is 0 Å². The van der Waals surface area contributed by atoms with Crippen LogP contribution in [0.2, 0.25) is 0 Å². The number of amides is 2. The van der Waals surface area contributed by atoms with Crippen molar-refractivity contribution in [3.8, 4) is 0 Å². The molecule has 0 saturated carbocycles. The van der Waals surface area contributed by atoms with Crippen LogP contribution >= 0.6 is 0 Å². The van der Waals surface area contributed by atoms with Crippen molar-refractivity contribution in [2.75, 3.05) is 26.2 Å². The molecule has 2 aliphatic heterocycles. The van der Waals surface area contributed by atoms with E-state index in [1.54, 1.807) is 6.20 Å². The lowest BCUT2D eigenvalue weighted by atomic mass is 9.73. The molecule has 2 fully saturated rings. The summed E-state index contributed by atoms with van der Waals surface area (Å²) >= 11 is 0. The van der Waals surface area contributed by atoms with Crippen molar-refractivity contribution in [1.29, 1.82) is 0 Å². The molecule has 1 aromatic rings. The largest absolute Gasteiger partial charge is 0.342 e. The summed E-state index contributed by atoms with van der Waals surface area (Å²) < 4.78 is 0. The van der Waals surface area contributed by atoms with Gasteiger partial charge in [0.2, 0.25) is 11.8 Å². The Morgan fingerprint density at radius 1 is 1.26 bits per heavy atom.